The molecule has 4 nitrogen and oxygen atoms in total. The van der Waals surface area contributed by atoms with Crippen LogP contribution in [0.4, 0.5) is 4.39 Å². The van der Waals surface area contributed by atoms with E-state index in [1.165, 1.54) is 17.7 Å². The molecule has 0 radical (unpaired) electrons. The molecule has 1 N–H and O–H groups in total. The van der Waals surface area contributed by atoms with Crippen LogP contribution in [0.5, 0.6) is 0 Å². The van der Waals surface area contributed by atoms with Crippen LogP contribution in [-0.2, 0) is 27.1 Å². The number of hydrogen-bond donors (Lipinski definition) is 1. The summed E-state index contributed by atoms with van der Waals surface area (Å²) in [6, 6.07) is 9.14. The Morgan fingerprint density at radius 1 is 1.00 bits per heavy atom. The van der Waals surface area contributed by atoms with Crippen LogP contribution in [0, 0.1) is 5.82 Å². The van der Waals surface area contributed by atoms with Crippen LogP contribution in [-0.4, -0.2) is 25.2 Å². The third kappa shape index (κ3) is 4.22. The van der Waals surface area contributed by atoms with Crippen molar-refractivity contribution in [2.24, 2.45) is 0 Å². The highest BCUT2D eigenvalue weighted by atomic mass is 32.2. The SMILES string of the molecule is CC1(C)CCC(C)(C)c2cc(S(=O)(=O)CCc3ccc(C(=O)O)c(F)c3)ccc21. The molecule has 3 rings (SSSR count). The number of carbonyl (C=O) groups is 1. The number of sulfone groups is 1. The second-order valence-electron chi connectivity index (χ2n) is 9.16. The van der Waals surface area contributed by atoms with Gasteiger partial charge in [0.05, 0.1) is 16.2 Å². The van der Waals surface area contributed by atoms with Crippen molar-refractivity contribution in [3.8, 4) is 0 Å². The van der Waals surface area contributed by atoms with E-state index in [2.05, 4.69) is 27.7 Å². The van der Waals surface area contributed by atoms with E-state index in [0.717, 1.165) is 24.5 Å². The van der Waals surface area contributed by atoms with Gasteiger partial charge in [0.25, 0.3) is 0 Å². The molecule has 0 aromatic heterocycles. The van der Waals surface area contributed by atoms with Crippen molar-refractivity contribution < 1.29 is 22.7 Å². The zero-order valence-corrected chi connectivity index (χ0v) is 18.1. The highest BCUT2D eigenvalue weighted by molar-refractivity contribution is 7.91. The minimum atomic E-state index is -3.56. The van der Waals surface area contributed by atoms with Gasteiger partial charge >= 0.3 is 5.97 Å². The molecule has 0 bridgehead atoms. The summed E-state index contributed by atoms with van der Waals surface area (Å²) in [5.41, 5.74) is 2.22. The molecule has 1 aliphatic rings. The summed E-state index contributed by atoms with van der Waals surface area (Å²) in [7, 11) is -3.56. The van der Waals surface area contributed by atoms with Crippen molar-refractivity contribution in [2.75, 3.05) is 5.75 Å². The predicted molar refractivity (Wildman–Crippen MR) is 111 cm³/mol. The standard InChI is InChI=1S/C23H27FO4S/c1-22(2)10-11-23(3,4)19-14-16(6-8-18(19)22)29(27,28)12-9-15-5-7-17(21(25)26)20(24)13-15/h5-8,13-14H,9-12H2,1-4H3,(H,25,26). The fraction of sp³-hybridized carbons (Fsp3) is 0.435. The molecule has 0 saturated carbocycles. The molecule has 156 valence electrons. The molecule has 0 aliphatic heterocycles. The molecular weight excluding hydrogens is 391 g/mol. The molecule has 0 fully saturated rings. The molecule has 1 aliphatic carbocycles. The zero-order chi connectivity index (χ0) is 21.6. The average Bonchev–Trinajstić information content (AvgIpc) is 2.63. The first kappa shape index (κ1) is 21.5. The topological polar surface area (TPSA) is 71.4 Å². The lowest BCUT2D eigenvalue weighted by molar-refractivity contribution is 0.0692. The maximum atomic E-state index is 13.9. The molecule has 6 heteroatoms. The maximum absolute atomic E-state index is 13.9. The van der Waals surface area contributed by atoms with Gasteiger partial charge in [0.2, 0.25) is 0 Å². The molecule has 2 aromatic carbocycles. The quantitative estimate of drug-likeness (QED) is 0.750. The summed E-state index contributed by atoms with van der Waals surface area (Å²) in [5, 5.41) is 8.90. The maximum Gasteiger partial charge on any atom is 0.338 e. The van der Waals surface area contributed by atoms with Gasteiger partial charge in [-0.05, 0) is 71.0 Å². The van der Waals surface area contributed by atoms with E-state index in [1.54, 1.807) is 12.1 Å². The molecular formula is C23H27FO4S. The normalized spacial score (nSPS) is 17.6. The van der Waals surface area contributed by atoms with Gasteiger partial charge in [0, 0.05) is 0 Å². The monoisotopic (exact) mass is 418 g/mol. The first-order chi connectivity index (χ1) is 13.3. The fourth-order valence-electron chi connectivity index (χ4n) is 4.02. The van der Waals surface area contributed by atoms with Crippen LogP contribution in [0.2, 0.25) is 0 Å². The molecule has 0 amide bonds. The Hall–Kier alpha value is -2.21. The molecule has 2 aromatic rings. The van der Waals surface area contributed by atoms with E-state index in [9.17, 15) is 17.6 Å². The average molecular weight is 419 g/mol. The van der Waals surface area contributed by atoms with Gasteiger partial charge in [-0.25, -0.2) is 17.6 Å². The van der Waals surface area contributed by atoms with Crippen LogP contribution in [0.3, 0.4) is 0 Å². The van der Waals surface area contributed by atoms with Gasteiger partial charge in [0.15, 0.2) is 9.84 Å². The number of carboxylic acid groups (broad SMARTS) is 1. The van der Waals surface area contributed by atoms with E-state index in [4.69, 9.17) is 5.11 Å². The summed E-state index contributed by atoms with van der Waals surface area (Å²) in [5.74, 6) is -2.37. The highest BCUT2D eigenvalue weighted by Crippen LogP contribution is 2.46. The molecule has 0 saturated heterocycles. The summed E-state index contributed by atoms with van der Waals surface area (Å²) in [6.45, 7) is 8.66. The second-order valence-corrected chi connectivity index (χ2v) is 11.3. The number of hydrogen-bond acceptors (Lipinski definition) is 3. The number of aromatic carboxylic acids is 1. The third-order valence-corrected chi connectivity index (χ3v) is 7.82. The number of benzene rings is 2. The number of halogens is 1. The Morgan fingerprint density at radius 2 is 1.62 bits per heavy atom. The Labute approximate surface area is 171 Å². The van der Waals surface area contributed by atoms with Crippen molar-refractivity contribution in [1.29, 1.82) is 0 Å². The minimum Gasteiger partial charge on any atom is -0.478 e. The lowest BCUT2D eigenvalue weighted by atomic mass is 9.63. The summed E-state index contributed by atoms with van der Waals surface area (Å²) in [4.78, 5) is 11.2. The van der Waals surface area contributed by atoms with Crippen LogP contribution in [0.1, 0.15) is 67.6 Å². The molecule has 29 heavy (non-hydrogen) atoms. The van der Waals surface area contributed by atoms with Crippen molar-refractivity contribution >= 4 is 15.8 Å². The van der Waals surface area contributed by atoms with Gasteiger partial charge in [-0.2, -0.15) is 0 Å². The molecule has 0 atom stereocenters. The van der Waals surface area contributed by atoms with E-state index in [1.807, 2.05) is 6.07 Å². The Kier molecular flexibility index (Phi) is 5.37. The minimum absolute atomic E-state index is 0.0105. The summed E-state index contributed by atoms with van der Waals surface area (Å²) in [6.07, 6.45) is 2.16. The van der Waals surface area contributed by atoms with Gasteiger partial charge in [0.1, 0.15) is 5.82 Å². The predicted octanol–water partition coefficient (Wildman–Crippen LogP) is 4.89. The molecule has 0 spiro atoms. The highest BCUT2D eigenvalue weighted by Gasteiger charge is 2.37. The fourth-order valence-corrected chi connectivity index (χ4v) is 5.33. The van der Waals surface area contributed by atoms with Crippen molar-refractivity contribution in [3.63, 3.8) is 0 Å². The first-order valence-corrected chi connectivity index (χ1v) is 11.4. The zero-order valence-electron chi connectivity index (χ0n) is 17.3. The lowest BCUT2D eigenvalue weighted by Crippen LogP contribution is -2.34. The second kappa shape index (κ2) is 7.24. The number of rotatable bonds is 5. The van der Waals surface area contributed by atoms with Crippen LogP contribution in [0.15, 0.2) is 41.3 Å². The Morgan fingerprint density at radius 3 is 2.21 bits per heavy atom. The van der Waals surface area contributed by atoms with E-state index in [-0.39, 0.29) is 27.9 Å². The van der Waals surface area contributed by atoms with Gasteiger partial charge in [-0.15, -0.1) is 0 Å². The number of fused-ring (bicyclic) bond motifs is 1. The van der Waals surface area contributed by atoms with Crippen LogP contribution in [0.25, 0.3) is 0 Å². The number of aryl methyl sites for hydroxylation is 1. The smallest absolute Gasteiger partial charge is 0.338 e. The van der Waals surface area contributed by atoms with Gasteiger partial charge in [-0.1, -0.05) is 39.8 Å². The van der Waals surface area contributed by atoms with Crippen molar-refractivity contribution in [2.45, 2.75) is 62.7 Å². The van der Waals surface area contributed by atoms with Crippen molar-refractivity contribution in [1.82, 2.24) is 0 Å². The van der Waals surface area contributed by atoms with Crippen LogP contribution < -0.4 is 0 Å². The van der Waals surface area contributed by atoms with Crippen LogP contribution >= 0.6 is 0 Å². The van der Waals surface area contributed by atoms with E-state index >= 15 is 0 Å². The Bertz CT molecular complexity index is 1070. The van der Waals surface area contributed by atoms with E-state index < -0.39 is 27.2 Å². The van der Waals surface area contributed by atoms with E-state index in [0.29, 0.717) is 5.56 Å². The molecule has 0 unspecified atom stereocenters. The molecule has 0 heterocycles. The largest absolute Gasteiger partial charge is 0.478 e. The third-order valence-electron chi connectivity index (χ3n) is 6.11. The van der Waals surface area contributed by atoms with Crippen molar-refractivity contribution in [3.05, 3.63) is 64.5 Å². The van der Waals surface area contributed by atoms with Gasteiger partial charge in [-0.3, -0.25) is 0 Å². The number of carboxylic acids is 1. The van der Waals surface area contributed by atoms with Gasteiger partial charge < -0.3 is 5.11 Å². The first-order valence-electron chi connectivity index (χ1n) is 9.73. The Balaban J connectivity index is 1.87. The lowest BCUT2D eigenvalue weighted by Gasteiger charge is -2.42. The summed E-state index contributed by atoms with van der Waals surface area (Å²) < 4.78 is 39.7. The summed E-state index contributed by atoms with van der Waals surface area (Å²) >= 11 is 0.